The second kappa shape index (κ2) is 8.44. The van der Waals surface area contributed by atoms with Gasteiger partial charge in [0.1, 0.15) is 11.6 Å². The average molecular weight is 350 g/mol. The molecule has 1 N–H and O–H groups in total. The van der Waals surface area contributed by atoms with Crippen LogP contribution in [0.25, 0.3) is 6.08 Å². The monoisotopic (exact) mass is 350 g/mol. The van der Waals surface area contributed by atoms with E-state index in [9.17, 15) is 20.2 Å². The van der Waals surface area contributed by atoms with Crippen molar-refractivity contribution in [2.24, 2.45) is 0 Å². The first-order chi connectivity index (χ1) is 12.4. The highest BCUT2D eigenvalue weighted by molar-refractivity contribution is 6.02. The number of carbonyl (C=O) groups is 1. The van der Waals surface area contributed by atoms with Crippen molar-refractivity contribution in [2.45, 2.75) is 6.54 Å². The fourth-order valence-corrected chi connectivity index (χ4v) is 2.27. The van der Waals surface area contributed by atoms with Gasteiger partial charge in [0.2, 0.25) is 0 Å². The average Bonchev–Trinajstić information content (AvgIpc) is 2.64. The molecule has 0 aromatic heterocycles. The molecule has 0 atom stereocenters. The number of nitro groups is 1. The molecule has 1 amide bonds. The lowest BCUT2D eigenvalue weighted by atomic mass is 10.1. The molecule has 0 aliphatic carbocycles. The third kappa shape index (κ3) is 4.68. The Morgan fingerprint density at radius 2 is 1.96 bits per heavy atom. The smallest absolute Gasteiger partial charge is 0.278 e. The second-order valence-electron chi connectivity index (χ2n) is 5.73. The van der Waals surface area contributed by atoms with E-state index in [1.807, 2.05) is 30.3 Å². The Bertz CT molecular complexity index is 883. The number of carbonyl (C=O) groups excluding carboxylic acids is 1. The van der Waals surface area contributed by atoms with Crippen molar-refractivity contribution in [3.8, 4) is 6.07 Å². The Morgan fingerprint density at radius 1 is 1.27 bits per heavy atom. The van der Waals surface area contributed by atoms with Crippen LogP contribution in [0.5, 0.6) is 0 Å². The molecule has 0 radical (unpaired) electrons. The largest absolute Gasteiger partial charge is 0.377 e. The zero-order chi connectivity index (χ0) is 19.1. The molecule has 0 spiro atoms. The minimum absolute atomic E-state index is 0.167. The molecular formula is C19H18N4O3. The van der Waals surface area contributed by atoms with Gasteiger partial charge in [0.05, 0.1) is 10.5 Å². The summed E-state index contributed by atoms with van der Waals surface area (Å²) in [6.07, 6.45) is 1.23. The number of hydrogen-bond acceptors (Lipinski definition) is 5. The number of nitriles is 1. The summed E-state index contributed by atoms with van der Waals surface area (Å²) < 4.78 is 0. The summed E-state index contributed by atoms with van der Waals surface area (Å²) in [6, 6.07) is 15.7. The first-order valence-corrected chi connectivity index (χ1v) is 7.82. The molecule has 0 saturated heterocycles. The van der Waals surface area contributed by atoms with Gasteiger partial charge in [-0.3, -0.25) is 14.9 Å². The van der Waals surface area contributed by atoms with E-state index in [4.69, 9.17) is 0 Å². The Hall–Kier alpha value is -3.66. The Labute approximate surface area is 151 Å². The van der Waals surface area contributed by atoms with Crippen LogP contribution in [-0.4, -0.2) is 24.9 Å². The molecule has 7 heteroatoms. The summed E-state index contributed by atoms with van der Waals surface area (Å²) in [5, 5.41) is 23.2. The van der Waals surface area contributed by atoms with Crippen LogP contribution in [0, 0.1) is 21.4 Å². The van der Waals surface area contributed by atoms with Crippen LogP contribution in [0.2, 0.25) is 0 Å². The summed E-state index contributed by atoms with van der Waals surface area (Å²) in [5.41, 5.74) is 1.38. The number of hydrogen-bond donors (Lipinski definition) is 1. The zero-order valence-electron chi connectivity index (χ0n) is 14.5. The topological polar surface area (TPSA) is 99.3 Å². The molecule has 132 valence electrons. The lowest BCUT2D eigenvalue weighted by Gasteiger charge is -2.12. The summed E-state index contributed by atoms with van der Waals surface area (Å²) in [7, 11) is 3.54. The first kappa shape index (κ1) is 18.7. The van der Waals surface area contributed by atoms with E-state index in [0.717, 1.165) is 5.56 Å². The number of anilines is 1. The van der Waals surface area contributed by atoms with E-state index < -0.39 is 10.8 Å². The molecule has 0 heterocycles. The number of benzene rings is 2. The maximum atomic E-state index is 12.2. The zero-order valence-corrected chi connectivity index (χ0v) is 14.5. The molecule has 2 rings (SSSR count). The van der Waals surface area contributed by atoms with Gasteiger partial charge >= 0.3 is 0 Å². The van der Waals surface area contributed by atoms with E-state index in [1.54, 1.807) is 31.1 Å². The highest BCUT2D eigenvalue weighted by Gasteiger charge is 2.17. The van der Waals surface area contributed by atoms with Gasteiger partial charge in [-0.05, 0) is 23.8 Å². The van der Waals surface area contributed by atoms with Gasteiger partial charge < -0.3 is 10.2 Å². The van der Waals surface area contributed by atoms with Crippen molar-refractivity contribution in [1.29, 1.82) is 5.26 Å². The van der Waals surface area contributed by atoms with Gasteiger partial charge in [-0.2, -0.15) is 5.26 Å². The fourth-order valence-electron chi connectivity index (χ4n) is 2.27. The third-order valence-electron chi connectivity index (χ3n) is 3.69. The second-order valence-corrected chi connectivity index (χ2v) is 5.73. The van der Waals surface area contributed by atoms with Crippen LogP contribution in [-0.2, 0) is 11.3 Å². The van der Waals surface area contributed by atoms with Crippen LogP contribution < -0.4 is 10.2 Å². The highest BCUT2D eigenvalue weighted by Crippen LogP contribution is 2.26. The van der Waals surface area contributed by atoms with E-state index in [-0.39, 0.29) is 23.4 Å². The molecule has 0 aliphatic heterocycles. The van der Waals surface area contributed by atoms with Crippen molar-refractivity contribution in [3.05, 3.63) is 75.3 Å². The van der Waals surface area contributed by atoms with E-state index in [0.29, 0.717) is 5.69 Å². The van der Waals surface area contributed by atoms with Crippen LogP contribution in [0.4, 0.5) is 11.4 Å². The number of nitrogens with zero attached hydrogens (tertiary/aromatic N) is 3. The molecule has 0 unspecified atom stereocenters. The normalized spacial score (nSPS) is 10.7. The number of amides is 1. The van der Waals surface area contributed by atoms with Crippen molar-refractivity contribution < 1.29 is 9.72 Å². The van der Waals surface area contributed by atoms with Crippen molar-refractivity contribution in [2.75, 3.05) is 19.0 Å². The molecule has 7 nitrogen and oxygen atoms in total. The molecule has 0 aliphatic rings. The van der Waals surface area contributed by atoms with Crippen molar-refractivity contribution in [1.82, 2.24) is 5.32 Å². The fraction of sp³-hybridized carbons (Fsp3) is 0.158. The van der Waals surface area contributed by atoms with Gasteiger partial charge in [-0.15, -0.1) is 0 Å². The molecule has 0 bridgehead atoms. The number of rotatable bonds is 6. The van der Waals surface area contributed by atoms with Gasteiger partial charge in [0.15, 0.2) is 0 Å². The first-order valence-electron chi connectivity index (χ1n) is 7.82. The maximum absolute atomic E-state index is 12.2. The standard InChI is InChI=1S/C19H18N4O3/c1-22(2)17-9-8-15(18(11-17)23(25)26)10-16(12-20)19(24)21-13-14-6-4-3-5-7-14/h3-11H,13H2,1-2H3,(H,21,24). The summed E-state index contributed by atoms with van der Waals surface area (Å²) in [6.45, 7) is 0.264. The van der Waals surface area contributed by atoms with Gasteiger partial charge in [0.25, 0.3) is 11.6 Å². The van der Waals surface area contributed by atoms with E-state index in [1.165, 1.54) is 18.2 Å². The van der Waals surface area contributed by atoms with Gasteiger partial charge in [-0.25, -0.2) is 0 Å². The lowest BCUT2D eigenvalue weighted by molar-refractivity contribution is -0.385. The van der Waals surface area contributed by atoms with E-state index >= 15 is 0 Å². The lowest BCUT2D eigenvalue weighted by Crippen LogP contribution is -2.23. The highest BCUT2D eigenvalue weighted by atomic mass is 16.6. The molecular weight excluding hydrogens is 332 g/mol. The van der Waals surface area contributed by atoms with Crippen LogP contribution in [0.1, 0.15) is 11.1 Å². The van der Waals surface area contributed by atoms with E-state index in [2.05, 4.69) is 5.32 Å². The minimum atomic E-state index is -0.581. The van der Waals surface area contributed by atoms with Gasteiger partial charge in [-0.1, -0.05) is 30.3 Å². The SMILES string of the molecule is CN(C)c1ccc(C=C(C#N)C(=O)NCc2ccccc2)c([N+](=O)[O-])c1. The molecule has 0 saturated carbocycles. The van der Waals surface area contributed by atoms with Gasteiger partial charge in [0, 0.05) is 32.4 Å². The van der Waals surface area contributed by atoms with Crippen molar-refractivity contribution in [3.63, 3.8) is 0 Å². The molecule has 2 aromatic carbocycles. The predicted octanol–water partition coefficient (Wildman–Crippen LogP) is 2.88. The molecule has 0 fully saturated rings. The maximum Gasteiger partial charge on any atom is 0.278 e. The van der Waals surface area contributed by atoms with Crippen LogP contribution in [0.3, 0.4) is 0 Å². The third-order valence-corrected chi connectivity index (χ3v) is 3.69. The summed E-state index contributed by atoms with van der Waals surface area (Å²) in [5.74, 6) is -0.581. The number of nitro benzene ring substituents is 1. The van der Waals surface area contributed by atoms with Crippen LogP contribution >= 0.6 is 0 Å². The number of nitrogens with one attached hydrogen (secondary N) is 1. The Morgan fingerprint density at radius 3 is 2.54 bits per heavy atom. The van der Waals surface area contributed by atoms with Crippen molar-refractivity contribution >= 4 is 23.4 Å². The predicted molar refractivity (Wildman–Crippen MR) is 99.3 cm³/mol. The summed E-state index contributed by atoms with van der Waals surface area (Å²) >= 11 is 0. The van der Waals surface area contributed by atoms with Crippen LogP contribution in [0.15, 0.2) is 54.1 Å². The molecule has 2 aromatic rings. The molecule has 26 heavy (non-hydrogen) atoms. The Kier molecular flexibility index (Phi) is 6.06. The Balaban J connectivity index is 2.26. The summed E-state index contributed by atoms with van der Waals surface area (Å²) in [4.78, 5) is 24.8. The quantitative estimate of drug-likeness (QED) is 0.374. The minimum Gasteiger partial charge on any atom is -0.377 e.